The lowest BCUT2D eigenvalue weighted by atomic mass is 9.97. The number of nitrogens with one attached hydrogen (secondary N) is 5. The van der Waals surface area contributed by atoms with Crippen molar-refractivity contribution in [2.45, 2.75) is 127 Å². The van der Waals surface area contributed by atoms with Gasteiger partial charge in [0.05, 0.1) is 12.6 Å². The van der Waals surface area contributed by atoms with Gasteiger partial charge in [0.2, 0.25) is 41.4 Å². The van der Waals surface area contributed by atoms with Gasteiger partial charge in [-0.3, -0.25) is 38.6 Å². The molecule has 0 spiro atoms. The molecule has 65 heavy (non-hydrogen) atoms. The zero-order valence-electron chi connectivity index (χ0n) is 37.5. The van der Waals surface area contributed by atoms with Gasteiger partial charge >= 0.3 is 5.97 Å². The number of carboxylic acid groups (broad SMARTS) is 1. The highest BCUT2D eigenvalue weighted by Crippen LogP contribution is 2.22. The zero-order valence-corrected chi connectivity index (χ0v) is 38.3. The van der Waals surface area contributed by atoms with Gasteiger partial charge in [-0.2, -0.15) is 11.8 Å². The number of aliphatic hydroxyl groups excluding tert-OH is 1. The zero-order chi connectivity index (χ0) is 48.4. The maximum absolute atomic E-state index is 14.4. The quantitative estimate of drug-likeness (QED) is 0.0277. The molecule has 2 heterocycles. The first-order valence-electron chi connectivity index (χ1n) is 21.9. The first-order valence-corrected chi connectivity index (χ1v) is 23.3. The molecule has 0 bridgehead atoms. The van der Waals surface area contributed by atoms with Crippen molar-refractivity contribution >= 4 is 65.0 Å². The summed E-state index contributed by atoms with van der Waals surface area (Å²) in [5, 5.41) is 42.7. The number of hydrogen-bond acceptors (Lipinski definition) is 13. The summed E-state index contributed by atoms with van der Waals surface area (Å²) in [6.45, 7) is 4.58. The van der Waals surface area contributed by atoms with Crippen LogP contribution in [-0.4, -0.2) is 165 Å². The van der Waals surface area contributed by atoms with E-state index in [1.165, 1.54) is 40.6 Å². The number of thioether (sulfide) groups is 1. The first kappa shape index (κ1) is 53.7. The summed E-state index contributed by atoms with van der Waals surface area (Å²) < 4.78 is 0. The van der Waals surface area contributed by atoms with E-state index in [9.17, 15) is 53.7 Å². The van der Waals surface area contributed by atoms with Crippen LogP contribution in [0.3, 0.4) is 0 Å². The molecule has 2 aliphatic heterocycles. The van der Waals surface area contributed by atoms with Crippen LogP contribution in [-0.2, 0) is 44.8 Å². The average Bonchev–Trinajstić information content (AvgIpc) is 3.98. The Morgan fingerprint density at radius 2 is 1.38 bits per heavy atom. The highest BCUT2D eigenvalue weighted by molar-refractivity contribution is 7.98. The van der Waals surface area contributed by atoms with Gasteiger partial charge in [-0.25, -0.2) is 4.79 Å². The van der Waals surface area contributed by atoms with Gasteiger partial charge in [0, 0.05) is 26.1 Å². The minimum atomic E-state index is -1.52. The van der Waals surface area contributed by atoms with Gasteiger partial charge in [0.25, 0.3) is 0 Å². The van der Waals surface area contributed by atoms with Crippen molar-refractivity contribution in [1.82, 2.24) is 36.4 Å². The fourth-order valence-corrected chi connectivity index (χ4v) is 8.06. The van der Waals surface area contributed by atoms with Crippen LogP contribution < -0.4 is 43.8 Å². The summed E-state index contributed by atoms with van der Waals surface area (Å²) in [4.78, 5) is 114. The number of aromatic hydroxyl groups is 1. The topological polar surface area (TPSA) is 354 Å². The van der Waals surface area contributed by atoms with E-state index in [4.69, 9.17) is 17.2 Å². The number of amides is 7. The minimum absolute atomic E-state index is 0.0113. The number of rotatable bonds is 25. The number of carbonyl (C=O) groups is 8. The highest BCUT2D eigenvalue weighted by atomic mass is 32.2. The maximum atomic E-state index is 14.4. The Labute approximate surface area is 383 Å². The van der Waals surface area contributed by atoms with E-state index in [2.05, 4.69) is 31.6 Å². The number of hydrogen-bond donors (Lipinski definition) is 11. The number of aliphatic hydroxyl groups is 1. The standard InChI is InChI=1S/C42H67N11O11S/c1-5-23(2)33(38(60)48-28(41(63)64)9-6-17-46-42(44)45)51-34(56)24(3)47-36(58)31-10-8-19-53(31)40(62)29(21-25-12-14-26(55)15-13-25)49-35(57)30(22-54)50-37(59)32-11-7-18-52(32)39(61)27(43)16-20-65-4/h12-15,23-24,27-33,54-55H,5-11,16-22,43H2,1-4H3,(H,47,58)(H,48,60)(H,49,57)(H,50,59)(H,51,56)(H,63,64)(H4,44,45,46)/t23-,24-,27-,28-,29-,30-,31+,32-,33-/m1/s1. The minimum Gasteiger partial charge on any atom is -0.508 e. The summed E-state index contributed by atoms with van der Waals surface area (Å²) in [5.74, 6) is -6.09. The van der Waals surface area contributed by atoms with Crippen LogP contribution in [0, 0.1) is 5.92 Å². The monoisotopic (exact) mass is 933 g/mol. The molecule has 9 atom stereocenters. The van der Waals surface area contributed by atoms with Gasteiger partial charge < -0.3 is 68.9 Å². The summed E-state index contributed by atoms with van der Waals surface area (Å²) in [7, 11) is 0. The number of likely N-dealkylation sites (tertiary alicyclic amines) is 2. The Morgan fingerprint density at radius 1 is 0.800 bits per heavy atom. The molecule has 0 unspecified atom stereocenters. The fourth-order valence-electron chi connectivity index (χ4n) is 7.57. The lowest BCUT2D eigenvalue weighted by Crippen LogP contribution is -2.60. The van der Waals surface area contributed by atoms with Crippen molar-refractivity contribution in [1.29, 1.82) is 0 Å². The van der Waals surface area contributed by atoms with Crippen molar-refractivity contribution in [3.8, 4) is 5.75 Å². The number of nitrogens with zero attached hydrogens (tertiary/aromatic N) is 3. The number of guanidine groups is 1. The Kier molecular flexibility index (Phi) is 21.7. The molecule has 2 aliphatic rings. The number of aliphatic carboxylic acids is 1. The van der Waals surface area contributed by atoms with Crippen LogP contribution in [0.1, 0.15) is 77.7 Å². The number of phenols is 1. The number of benzene rings is 1. The van der Waals surface area contributed by atoms with Gasteiger partial charge in [-0.1, -0.05) is 32.4 Å². The summed E-state index contributed by atoms with van der Waals surface area (Å²) in [6.07, 6.45) is 4.33. The predicted molar refractivity (Wildman–Crippen MR) is 242 cm³/mol. The maximum Gasteiger partial charge on any atom is 0.326 e. The smallest absolute Gasteiger partial charge is 0.326 e. The molecule has 0 aliphatic carbocycles. The molecule has 14 N–H and O–H groups in total. The van der Waals surface area contributed by atoms with Crippen molar-refractivity contribution in [2.75, 3.05) is 38.2 Å². The molecule has 23 heteroatoms. The number of phenolic OH excluding ortho intramolecular Hbond substituents is 1. The molecule has 0 aromatic heterocycles. The van der Waals surface area contributed by atoms with E-state index in [-0.39, 0.29) is 50.5 Å². The van der Waals surface area contributed by atoms with Gasteiger partial charge in [0.15, 0.2) is 5.96 Å². The Hall–Kier alpha value is -5.68. The predicted octanol–water partition coefficient (Wildman–Crippen LogP) is -2.38. The molecular formula is C42H67N11O11S. The van der Waals surface area contributed by atoms with Gasteiger partial charge in [-0.15, -0.1) is 0 Å². The molecule has 2 saturated heterocycles. The van der Waals surface area contributed by atoms with Gasteiger partial charge in [-0.05, 0) is 87.5 Å². The van der Waals surface area contributed by atoms with Crippen molar-refractivity contribution in [2.24, 2.45) is 28.1 Å². The fraction of sp³-hybridized carbons (Fsp3) is 0.643. The van der Waals surface area contributed by atoms with E-state index in [1.807, 2.05) is 6.26 Å². The summed E-state index contributed by atoms with van der Waals surface area (Å²) in [6, 6.07) is -3.46. The second-order valence-electron chi connectivity index (χ2n) is 16.4. The third-order valence-corrected chi connectivity index (χ3v) is 12.2. The Balaban J connectivity index is 1.74. The number of nitrogens with two attached hydrogens (primary N) is 3. The number of aliphatic imine (C=N–C) groups is 1. The second kappa shape index (κ2) is 26.3. The molecule has 0 radical (unpaired) electrons. The number of carboxylic acids is 1. The molecule has 1 aromatic carbocycles. The Morgan fingerprint density at radius 3 is 1.94 bits per heavy atom. The van der Waals surface area contributed by atoms with Crippen molar-refractivity contribution < 1.29 is 53.7 Å². The van der Waals surface area contributed by atoms with Crippen molar-refractivity contribution in [3.05, 3.63) is 29.8 Å². The summed E-state index contributed by atoms with van der Waals surface area (Å²) >= 11 is 1.53. The van der Waals surface area contributed by atoms with E-state index in [0.717, 1.165) is 0 Å². The van der Waals surface area contributed by atoms with E-state index in [0.29, 0.717) is 50.0 Å². The van der Waals surface area contributed by atoms with E-state index < -0.39 is 108 Å². The Bertz CT molecular complexity index is 1850. The molecule has 22 nitrogen and oxygen atoms in total. The van der Waals surface area contributed by atoms with E-state index in [1.54, 1.807) is 26.0 Å². The second-order valence-corrected chi connectivity index (χ2v) is 17.4. The molecule has 7 amide bonds. The first-order chi connectivity index (χ1) is 30.8. The molecule has 1 aromatic rings. The third kappa shape index (κ3) is 16.1. The van der Waals surface area contributed by atoms with Crippen LogP contribution in [0.5, 0.6) is 5.75 Å². The van der Waals surface area contributed by atoms with Crippen LogP contribution >= 0.6 is 11.8 Å². The van der Waals surface area contributed by atoms with Crippen LogP contribution in [0.4, 0.5) is 0 Å². The SMILES string of the molecule is CC[C@@H](C)[C@@H](NC(=O)[C@@H](C)NC(=O)[C@@H]1CCCN1C(=O)[C@@H](Cc1ccc(O)cc1)NC(=O)[C@@H](CO)NC(=O)[C@H]1CCCN1C(=O)[C@H](N)CCSC)C(=O)N[C@H](CCCN=C(N)N)C(=O)O. The summed E-state index contributed by atoms with van der Waals surface area (Å²) in [5.41, 5.74) is 17.3. The number of carbonyl (C=O) groups excluding carboxylic acids is 7. The third-order valence-electron chi connectivity index (χ3n) is 11.5. The molecule has 2 fully saturated rings. The lowest BCUT2D eigenvalue weighted by Gasteiger charge is -2.31. The van der Waals surface area contributed by atoms with E-state index >= 15 is 0 Å². The van der Waals surface area contributed by atoms with Gasteiger partial charge in [0.1, 0.15) is 48.0 Å². The average molecular weight is 934 g/mol. The van der Waals surface area contributed by atoms with Crippen molar-refractivity contribution in [3.63, 3.8) is 0 Å². The molecule has 3 rings (SSSR count). The molecular weight excluding hydrogens is 867 g/mol. The van der Waals surface area contributed by atoms with Crippen LogP contribution in [0.25, 0.3) is 0 Å². The normalized spacial score (nSPS) is 19.0. The largest absolute Gasteiger partial charge is 0.508 e. The van der Waals surface area contributed by atoms with Crippen LogP contribution in [0.15, 0.2) is 29.3 Å². The molecule has 362 valence electrons. The highest BCUT2D eigenvalue weighted by Gasteiger charge is 2.41. The molecule has 0 saturated carbocycles. The van der Waals surface area contributed by atoms with Crippen LogP contribution in [0.2, 0.25) is 0 Å². The lowest BCUT2D eigenvalue weighted by molar-refractivity contribution is -0.143.